The van der Waals surface area contributed by atoms with Gasteiger partial charge in [0.2, 0.25) is 0 Å². The Bertz CT molecular complexity index is 1340. The number of fused-ring (bicyclic) bond motifs is 2. The van der Waals surface area contributed by atoms with Crippen molar-refractivity contribution in [2.24, 2.45) is 11.8 Å². The van der Waals surface area contributed by atoms with Crippen LogP contribution in [0.15, 0.2) is 43.1 Å². The highest BCUT2D eigenvalue weighted by Gasteiger charge is 2.27. The number of aromatic nitrogens is 5. The number of anilines is 1. The molecule has 1 aliphatic rings. The minimum Gasteiger partial charge on any atom is -0.386 e. The molecule has 0 radical (unpaired) electrons. The lowest BCUT2D eigenvalue weighted by Crippen LogP contribution is -2.21. The number of aliphatic hydroxyl groups is 1. The third kappa shape index (κ3) is 4.18. The predicted molar refractivity (Wildman–Crippen MR) is 132 cm³/mol. The van der Waals surface area contributed by atoms with E-state index in [0.29, 0.717) is 22.9 Å². The van der Waals surface area contributed by atoms with E-state index in [-0.39, 0.29) is 11.6 Å². The average Bonchev–Trinajstić information content (AvgIpc) is 3.42. The van der Waals surface area contributed by atoms with Gasteiger partial charge in [-0.25, -0.2) is 9.97 Å². The van der Waals surface area contributed by atoms with Gasteiger partial charge in [0.25, 0.3) is 5.91 Å². The molecule has 0 spiro atoms. The van der Waals surface area contributed by atoms with Crippen LogP contribution < -0.4 is 5.32 Å². The summed E-state index contributed by atoms with van der Waals surface area (Å²) in [5.41, 5.74) is 1.53. The molecule has 8 heteroatoms. The first-order chi connectivity index (χ1) is 16.2. The van der Waals surface area contributed by atoms with E-state index in [4.69, 9.17) is 5.10 Å². The summed E-state index contributed by atoms with van der Waals surface area (Å²) in [5, 5.41) is 19.6. The van der Waals surface area contributed by atoms with Gasteiger partial charge in [0.1, 0.15) is 6.33 Å². The summed E-state index contributed by atoms with van der Waals surface area (Å²) in [4.78, 5) is 21.6. The molecular weight excluding hydrogens is 428 g/mol. The van der Waals surface area contributed by atoms with Crippen molar-refractivity contribution in [1.29, 1.82) is 0 Å². The van der Waals surface area contributed by atoms with Crippen LogP contribution in [0.4, 0.5) is 5.69 Å². The molecule has 0 unspecified atom stereocenters. The minimum absolute atomic E-state index is 0.236. The highest BCUT2D eigenvalue weighted by molar-refractivity contribution is 6.08. The van der Waals surface area contributed by atoms with E-state index in [1.165, 1.54) is 12.8 Å². The fourth-order valence-corrected chi connectivity index (χ4v) is 5.10. The summed E-state index contributed by atoms with van der Waals surface area (Å²) < 4.78 is 3.78. The Balaban J connectivity index is 1.47. The number of imidazole rings is 1. The molecule has 3 heterocycles. The maximum absolute atomic E-state index is 13.1. The molecule has 0 atom stereocenters. The lowest BCUT2D eigenvalue weighted by atomic mass is 9.80. The molecule has 178 valence electrons. The Hall–Kier alpha value is -3.26. The van der Waals surface area contributed by atoms with Crippen LogP contribution in [-0.2, 0) is 5.60 Å². The number of carbonyl (C=O) groups excluding carboxylic acids is 1. The van der Waals surface area contributed by atoms with Crippen molar-refractivity contribution in [2.75, 3.05) is 5.32 Å². The molecule has 1 aromatic carbocycles. The molecule has 1 saturated carbocycles. The van der Waals surface area contributed by atoms with Crippen LogP contribution in [0.5, 0.6) is 0 Å². The van der Waals surface area contributed by atoms with Gasteiger partial charge in [-0.05, 0) is 69.6 Å². The summed E-state index contributed by atoms with van der Waals surface area (Å²) >= 11 is 0. The van der Waals surface area contributed by atoms with Gasteiger partial charge < -0.3 is 10.4 Å². The number of amides is 1. The lowest BCUT2D eigenvalue weighted by molar-refractivity contribution is 0.0794. The molecule has 1 amide bonds. The van der Waals surface area contributed by atoms with Crippen molar-refractivity contribution in [3.05, 3.63) is 54.4 Å². The molecule has 4 aromatic rings. The van der Waals surface area contributed by atoms with Gasteiger partial charge in [-0.15, -0.1) is 0 Å². The van der Waals surface area contributed by atoms with Crippen molar-refractivity contribution in [2.45, 2.75) is 65.0 Å². The molecular formula is C26H32N6O2. The first kappa shape index (κ1) is 22.5. The standard InChI is InChI=1S/C26H32N6O2/c1-16(2)17-6-8-19(9-7-17)32-14-18-12-22(20(26(3,4)34)13-21(18)30-32)29-25(33)23-24-27-10-5-11-31(24)15-28-23/h5,10-17,19,34H,6-9H2,1-4H3,(H,29,33). The molecule has 0 aliphatic heterocycles. The van der Waals surface area contributed by atoms with Gasteiger partial charge in [-0.3, -0.25) is 13.9 Å². The third-order valence-electron chi connectivity index (χ3n) is 7.14. The van der Waals surface area contributed by atoms with Crippen molar-refractivity contribution in [3.63, 3.8) is 0 Å². The number of nitrogens with one attached hydrogen (secondary N) is 1. The monoisotopic (exact) mass is 460 g/mol. The number of nitrogens with zero attached hydrogens (tertiary/aromatic N) is 5. The number of benzene rings is 1. The maximum Gasteiger partial charge on any atom is 0.278 e. The number of hydrogen-bond acceptors (Lipinski definition) is 5. The topological polar surface area (TPSA) is 97.3 Å². The summed E-state index contributed by atoms with van der Waals surface area (Å²) in [7, 11) is 0. The van der Waals surface area contributed by atoms with E-state index in [1.807, 2.05) is 12.1 Å². The highest BCUT2D eigenvalue weighted by Crippen LogP contribution is 2.37. The first-order valence-electron chi connectivity index (χ1n) is 12.1. The van der Waals surface area contributed by atoms with Crippen molar-refractivity contribution in [1.82, 2.24) is 24.1 Å². The smallest absolute Gasteiger partial charge is 0.278 e. The maximum atomic E-state index is 13.1. The normalized spacial score (nSPS) is 19.2. The van der Waals surface area contributed by atoms with Crippen LogP contribution in [0.2, 0.25) is 0 Å². The van der Waals surface area contributed by atoms with E-state index in [1.54, 1.807) is 43.0 Å². The van der Waals surface area contributed by atoms with Crippen molar-refractivity contribution >= 4 is 28.1 Å². The van der Waals surface area contributed by atoms with Crippen LogP contribution in [0, 0.1) is 11.8 Å². The Kier molecular flexibility index (Phi) is 5.64. The largest absolute Gasteiger partial charge is 0.386 e. The van der Waals surface area contributed by atoms with Crippen LogP contribution >= 0.6 is 0 Å². The van der Waals surface area contributed by atoms with Gasteiger partial charge >= 0.3 is 0 Å². The second kappa shape index (κ2) is 8.51. The fraction of sp³-hybridized carbons (Fsp3) is 0.462. The van der Waals surface area contributed by atoms with Gasteiger partial charge in [-0.1, -0.05) is 13.8 Å². The summed E-state index contributed by atoms with van der Waals surface area (Å²) in [6.07, 6.45) is 11.7. The highest BCUT2D eigenvalue weighted by atomic mass is 16.3. The predicted octanol–water partition coefficient (Wildman–Crippen LogP) is 4.95. The van der Waals surface area contributed by atoms with Crippen LogP contribution in [0.1, 0.15) is 75.5 Å². The Morgan fingerprint density at radius 2 is 1.94 bits per heavy atom. The van der Waals surface area contributed by atoms with Gasteiger partial charge in [0.15, 0.2) is 11.3 Å². The molecule has 2 N–H and O–H groups in total. The summed E-state index contributed by atoms with van der Waals surface area (Å²) in [6, 6.07) is 5.94. The summed E-state index contributed by atoms with van der Waals surface area (Å²) in [6.45, 7) is 8.04. The SMILES string of the molecule is CC(C)C1CCC(n2cc3cc(NC(=O)c4ncn5cccnc45)c(C(C)(C)O)cc3n2)CC1. The second-order valence-electron chi connectivity index (χ2n) is 10.3. The van der Waals surface area contributed by atoms with Gasteiger partial charge in [-0.2, -0.15) is 5.10 Å². The Morgan fingerprint density at radius 3 is 2.65 bits per heavy atom. The molecule has 5 rings (SSSR count). The van der Waals surface area contributed by atoms with E-state index in [0.717, 1.165) is 35.6 Å². The number of carbonyl (C=O) groups is 1. The fourth-order valence-electron chi connectivity index (χ4n) is 5.10. The van der Waals surface area contributed by atoms with Crippen LogP contribution in [0.3, 0.4) is 0 Å². The van der Waals surface area contributed by atoms with E-state index < -0.39 is 5.60 Å². The third-order valence-corrected chi connectivity index (χ3v) is 7.14. The molecule has 34 heavy (non-hydrogen) atoms. The van der Waals surface area contributed by atoms with E-state index in [9.17, 15) is 9.90 Å². The first-order valence-corrected chi connectivity index (χ1v) is 12.1. The van der Waals surface area contributed by atoms with E-state index >= 15 is 0 Å². The zero-order chi connectivity index (χ0) is 24.0. The van der Waals surface area contributed by atoms with Crippen molar-refractivity contribution in [3.8, 4) is 0 Å². The van der Waals surface area contributed by atoms with Crippen molar-refractivity contribution < 1.29 is 9.90 Å². The zero-order valence-corrected chi connectivity index (χ0v) is 20.2. The van der Waals surface area contributed by atoms with E-state index in [2.05, 4.69) is 40.0 Å². The number of hydrogen-bond donors (Lipinski definition) is 2. The minimum atomic E-state index is -1.16. The number of rotatable bonds is 5. The Labute approximate surface area is 199 Å². The molecule has 1 aliphatic carbocycles. The quantitative estimate of drug-likeness (QED) is 0.439. The van der Waals surface area contributed by atoms with Gasteiger partial charge in [0.05, 0.1) is 17.2 Å². The molecule has 1 fully saturated rings. The molecule has 0 saturated heterocycles. The zero-order valence-electron chi connectivity index (χ0n) is 20.2. The second-order valence-corrected chi connectivity index (χ2v) is 10.3. The summed E-state index contributed by atoms with van der Waals surface area (Å²) in [5.74, 6) is 1.14. The molecule has 3 aromatic heterocycles. The lowest BCUT2D eigenvalue weighted by Gasteiger charge is -2.30. The van der Waals surface area contributed by atoms with Gasteiger partial charge in [0, 0.05) is 35.2 Å². The Morgan fingerprint density at radius 1 is 1.18 bits per heavy atom. The van der Waals surface area contributed by atoms with Crippen LogP contribution in [0.25, 0.3) is 16.6 Å². The average molecular weight is 461 g/mol. The molecule has 0 bridgehead atoms. The van der Waals surface area contributed by atoms with Crippen LogP contribution in [-0.4, -0.2) is 35.2 Å². The molecule has 8 nitrogen and oxygen atoms in total.